The van der Waals surface area contributed by atoms with Crippen LogP contribution in [-0.2, 0) is 16.0 Å². The van der Waals surface area contributed by atoms with Crippen molar-refractivity contribution < 1.29 is 14.2 Å². The van der Waals surface area contributed by atoms with Crippen LogP contribution in [0.4, 0.5) is 0 Å². The van der Waals surface area contributed by atoms with Crippen LogP contribution in [0.2, 0.25) is 0 Å². The summed E-state index contributed by atoms with van der Waals surface area (Å²) in [6.45, 7) is 3.29. The summed E-state index contributed by atoms with van der Waals surface area (Å²) in [5.41, 5.74) is 1.21. The van der Waals surface area contributed by atoms with E-state index in [1.54, 1.807) is 0 Å². The van der Waals surface area contributed by atoms with Gasteiger partial charge in [0.2, 0.25) is 0 Å². The largest absolute Gasteiger partial charge is 0.490 e. The number of fused-ring (bicyclic) bond motifs is 1. The standard InChI is InChI=1S/C14H15NO3/c1-2-13-12(4-5-15(13)6-10-7-16-10)14(3-1)18-9-11-8-17-11/h1-5,10-11H,6-9H2. The fourth-order valence-electron chi connectivity index (χ4n) is 2.22. The number of aromatic nitrogens is 1. The van der Waals surface area contributed by atoms with Gasteiger partial charge >= 0.3 is 0 Å². The van der Waals surface area contributed by atoms with Crippen molar-refractivity contribution in [1.29, 1.82) is 0 Å². The molecule has 0 bridgehead atoms. The van der Waals surface area contributed by atoms with E-state index in [1.165, 1.54) is 10.9 Å². The molecule has 0 saturated carbocycles. The molecule has 3 heterocycles. The summed E-state index contributed by atoms with van der Waals surface area (Å²) < 4.78 is 18.5. The highest BCUT2D eigenvalue weighted by atomic mass is 16.6. The monoisotopic (exact) mass is 245 g/mol. The molecule has 4 rings (SSSR count). The molecule has 2 aliphatic heterocycles. The van der Waals surface area contributed by atoms with Crippen LogP contribution in [0.15, 0.2) is 30.5 Å². The van der Waals surface area contributed by atoms with Crippen LogP contribution < -0.4 is 4.74 Å². The first-order valence-electron chi connectivity index (χ1n) is 6.34. The van der Waals surface area contributed by atoms with Gasteiger partial charge in [0, 0.05) is 11.6 Å². The van der Waals surface area contributed by atoms with Gasteiger partial charge in [-0.2, -0.15) is 0 Å². The zero-order valence-electron chi connectivity index (χ0n) is 10.0. The van der Waals surface area contributed by atoms with E-state index >= 15 is 0 Å². The topological polar surface area (TPSA) is 39.2 Å². The van der Waals surface area contributed by atoms with Gasteiger partial charge in [-0.15, -0.1) is 0 Å². The Kier molecular flexibility index (Phi) is 2.31. The Bertz CT molecular complexity index is 569. The van der Waals surface area contributed by atoms with Gasteiger partial charge in [0.1, 0.15) is 18.5 Å². The van der Waals surface area contributed by atoms with Gasteiger partial charge in [0.15, 0.2) is 0 Å². The molecule has 1 aromatic carbocycles. The van der Waals surface area contributed by atoms with Crippen molar-refractivity contribution in [2.24, 2.45) is 0 Å². The molecule has 0 N–H and O–H groups in total. The number of epoxide rings is 2. The lowest BCUT2D eigenvalue weighted by atomic mass is 10.2. The van der Waals surface area contributed by atoms with E-state index in [4.69, 9.17) is 14.2 Å². The third-order valence-corrected chi connectivity index (χ3v) is 3.40. The molecule has 0 aliphatic carbocycles. The minimum Gasteiger partial charge on any atom is -0.490 e. The molecular weight excluding hydrogens is 230 g/mol. The Labute approximate surface area is 105 Å². The molecule has 18 heavy (non-hydrogen) atoms. The molecule has 2 aromatic rings. The fraction of sp³-hybridized carbons (Fsp3) is 0.429. The third kappa shape index (κ3) is 1.98. The second-order valence-electron chi connectivity index (χ2n) is 4.88. The van der Waals surface area contributed by atoms with Crippen molar-refractivity contribution in [3.63, 3.8) is 0 Å². The average Bonchev–Trinajstić information content (AvgIpc) is 3.28. The fourth-order valence-corrected chi connectivity index (χ4v) is 2.22. The van der Waals surface area contributed by atoms with E-state index in [0.717, 1.165) is 25.5 Å². The highest BCUT2D eigenvalue weighted by Crippen LogP contribution is 2.28. The Morgan fingerprint density at radius 1 is 1.17 bits per heavy atom. The molecule has 0 amide bonds. The van der Waals surface area contributed by atoms with Crippen LogP contribution in [0.5, 0.6) is 5.75 Å². The maximum atomic E-state index is 5.81. The van der Waals surface area contributed by atoms with Crippen LogP contribution in [0.1, 0.15) is 0 Å². The lowest BCUT2D eigenvalue weighted by molar-refractivity contribution is 0.265. The van der Waals surface area contributed by atoms with Gasteiger partial charge in [-0.3, -0.25) is 0 Å². The van der Waals surface area contributed by atoms with Crippen molar-refractivity contribution in [1.82, 2.24) is 4.57 Å². The van der Waals surface area contributed by atoms with Crippen LogP contribution in [0, 0.1) is 0 Å². The Morgan fingerprint density at radius 3 is 2.78 bits per heavy atom. The molecule has 4 nitrogen and oxygen atoms in total. The van der Waals surface area contributed by atoms with Gasteiger partial charge in [-0.1, -0.05) is 6.07 Å². The van der Waals surface area contributed by atoms with E-state index in [2.05, 4.69) is 22.9 Å². The van der Waals surface area contributed by atoms with Crippen molar-refractivity contribution in [3.8, 4) is 5.75 Å². The Balaban J connectivity index is 1.62. The second-order valence-corrected chi connectivity index (χ2v) is 4.88. The summed E-state index contributed by atoms with van der Waals surface area (Å²) >= 11 is 0. The Morgan fingerprint density at radius 2 is 2.00 bits per heavy atom. The SMILES string of the molecule is c1cc(OCC2CO2)c2ccn(CC3CO3)c2c1. The highest BCUT2D eigenvalue weighted by molar-refractivity contribution is 5.86. The van der Waals surface area contributed by atoms with Crippen LogP contribution >= 0.6 is 0 Å². The average molecular weight is 245 g/mol. The molecular formula is C14H15NO3. The molecule has 0 spiro atoms. The number of nitrogens with zero attached hydrogens (tertiary/aromatic N) is 1. The predicted octanol–water partition coefficient (Wildman–Crippen LogP) is 1.82. The molecule has 2 aliphatic rings. The van der Waals surface area contributed by atoms with E-state index in [9.17, 15) is 0 Å². The molecule has 2 unspecified atom stereocenters. The number of hydrogen-bond acceptors (Lipinski definition) is 3. The summed E-state index contributed by atoms with van der Waals surface area (Å²) in [5, 5.41) is 1.17. The summed E-state index contributed by atoms with van der Waals surface area (Å²) in [6.07, 6.45) is 2.79. The molecule has 0 radical (unpaired) electrons. The first-order chi connectivity index (χ1) is 8.90. The lowest BCUT2D eigenvalue weighted by Gasteiger charge is -2.07. The normalized spacial score (nSPS) is 25.3. The van der Waals surface area contributed by atoms with Crippen LogP contribution in [-0.4, -0.2) is 36.6 Å². The number of ether oxygens (including phenoxy) is 3. The smallest absolute Gasteiger partial charge is 0.128 e. The van der Waals surface area contributed by atoms with Crippen molar-refractivity contribution in [2.45, 2.75) is 18.8 Å². The van der Waals surface area contributed by atoms with E-state index in [0.29, 0.717) is 18.8 Å². The van der Waals surface area contributed by atoms with Gasteiger partial charge < -0.3 is 18.8 Å². The molecule has 1 aromatic heterocycles. The quantitative estimate of drug-likeness (QED) is 0.754. The van der Waals surface area contributed by atoms with Gasteiger partial charge in [0.25, 0.3) is 0 Å². The number of rotatable bonds is 5. The maximum absolute atomic E-state index is 5.81. The minimum absolute atomic E-state index is 0.294. The zero-order chi connectivity index (χ0) is 11.9. The predicted molar refractivity (Wildman–Crippen MR) is 66.9 cm³/mol. The Hall–Kier alpha value is -1.52. The zero-order valence-corrected chi connectivity index (χ0v) is 10.0. The number of hydrogen-bond donors (Lipinski definition) is 0. The van der Waals surface area contributed by atoms with Crippen LogP contribution in [0.3, 0.4) is 0 Å². The van der Waals surface area contributed by atoms with E-state index in [1.807, 2.05) is 12.1 Å². The highest BCUT2D eigenvalue weighted by Gasteiger charge is 2.25. The summed E-state index contributed by atoms with van der Waals surface area (Å²) in [6, 6.07) is 8.29. The number of benzene rings is 1. The third-order valence-electron chi connectivity index (χ3n) is 3.40. The minimum atomic E-state index is 0.294. The van der Waals surface area contributed by atoms with Crippen LogP contribution in [0.25, 0.3) is 10.9 Å². The molecule has 2 atom stereocenters. The van der Waals surface area contributed by atoms with Gasteiger partial charge in [0.05, 0.1) is 31.4 Å². The van der Waals surface area contributed by atoms with Gasteiger partial charge in [-0.05, 0) is 18.2 Å². The summed E-state index contributed by atoms with van der Waals surface area (Å²) in [5.74, 6) is 0.943. The van der Waals surface area contributed by atoms with Crippen molar-refractivity contribution >= 4 is 10.9 Å². The lowest BCUT2D eigenvalue weighted by Crippen LogP contribution is -2.04. The maximum Gasteiger partial charge on any atom is 0.128 e. The van der Waals surface area contributed by atoms with E-state index < -0.39 is 0 Å². The first kappa shape index (κ1) is 10.4. The second kappa shape index (κ2) is 4.00. The van der Waals surface area contributed by atoms with Crippen molar-refractivity contribution in [2.75, 3.05) is 19.8 Å². The van der Waals surface area contributed by atoms with Gasteiger partial charge in [-0.25, -0.2) is 0 Å². The molecule has 2 fully saturated rings. The molecule has 94 valence electrons. The van der Waals surface area contributed by atoms with Crippen molar-refractivity contribution in [3.05, 3.63) is 30.5 Å². The first-order valence-corrected chi connectivity index (χ1v) is 6.34. The van der Waals surface area contributed by atoms with E-state index in [-0.39, 0.29) is 0 Å². The summed E-state index contributed by atoms with van der Waals surface area (Å²) in [4.78, 5) is 0. The molecule has 4 heteroatoms. The molecule has 2 saturated heterocycles. The summed E-state index contributed by atoms with van der Waals surface area (Å²) in [7, 11) is 0.